The number of hydrogen-bond acceptors (Lipinski definition) is 10. The number of ether oxygens (including phenoxy) is 4. The highest BCUT2D eigenvalue weighted by molar-refractivity contribution is 8.17. The van der Waals surface area contributed by atoms with E-state index >= 15 is 0 Å². The lowest BCUT2D eigenvalue weighted by Crippen LogP contribution is -2.40. The zero-order valence-electron chi connectivity index (χ0n) is 24.9. The Morgan fingerprint density at radius 1 is 0.636 bits per heavy atom. The number of halogens is 3. The van der Waals surface area contributed by atoms with E-state index in [0.29, 0.717) is 0 Å². The predicted molar refractivity (Wildman–Crippen MR) is 175 cm³/mol. The van der Waals surface area contributed by atoms with Crippen molar-refractivity contribution in [2.24, 2.45) is 5.41 Å². The van der Waals surface area contributed by atoms with Crippen LogP contribution in [0.4, 0.5) is 17.4 Å². The van der Waals surface area contributed by atoms with E-state index in [-0.39, 0.29) is 107 Å². The molecule has 2 amide bonds. The van der Waals surface area contributed by atoms with E-state index < -0.39 is 73.6 Å². The molecule has 0 aliphatic rings. The van der Waals surface area contributed by atoms with Crippen molar-refractivity contribution in [2.75, 3.05) is 39.6 Å². The number of hydrogen-bond donors (Lipinski definition) is 1. The molecule has 0 heterocycles. The molecule has 0 aromatic heterocycles. The van der Waals surface area contributed by atoms with Crippen molar-refractivity contribution in [3.63, 3.8) is 0 Å². The van der Waals surface area contributed by atoms with Gasteiger partial charge in [0.05, 0.1) is 65.4 Å². The predicted octanol–water partition coefficient (Wildman–Crippen LogP) is 6.42. The SMILES string of the molecule is CC(C)(C)OC(=O)NC(=O)CCCC(=O)CC(COCCC(=O)PPF)(COCCC(=O)PPF)COCCC(=O)PPF. The highest BCUT2D eigenvalue weighted by Gasteiger charge is 2.34. The van der Waals surface area contributed by atoms with Crippen molar-refractivity contribution < 1.29 is 60.3 Å². The first-order chi connectivity index (χ1) is 20.8. The number of alkyl carbamates (subject to hydrolysis) is 1. The van der Waals surface area contributed by atoms with Gasteiger partial charge in [0.25, 0.3) is 0 Å². The molecule has 0 saturated heterocycles. The maximum atomic E-state index is 13.1. The average Bonchev–Trinajstić information content (AvgIpc) is 2.91. The minimum atomic E-state index is -1.14. The Bertz CT molecular complexity index is 865. The standard InChI is InChI=1S/C24H42F3NO10P6/c1-23(2,3)38-22(34)28-18(30)6-4-5-17(29)13-24(14-35-10-7-19(31)39-42-25,15-36-11-8-20(32)40-43-26)16-37-12-9-21(33)41-44-27/h39-44H,4-16H2,1-3H3,(H,28,30,34). The molecule has 254 valence electrons. The third-order valence-corrected chi connectivity index (χ3v) is 10.5. The van der Waals surface area contributed by atoms with Gasteiger partial charge < -0.3 is 18.9 Å². The van der Waals surface area contributed by atoms with Crippen LogP contribution < -0.4 is 5.32 Å². The summed E-state index contributed by atoms with van der Waals surface area (Å²) in [7, 11) is -4.38. The van der Waals surface area contributed by atoms with Crippen molar-refractivity contribution in [1.29, 1.82) is 0 Å². The lowest BCUT2D eigenvalue weighted by molar-refractivity contribution is -0.131. The quantitative estimate of drug-likeness (QED) is 0.0736. The monoisotopic (exact) mass is 747 g/mol. The van der Waals surface area contributed by atoms with Crippen LogP contribution >= 0.6 is 50.5 Å². The fraction of sp³-hybridized carbons (Fsp3) is 0.750. The second-order valence-corrected chi connectivity index (χ2v) is 17.4. The maximum Gasteiger partial charge on any atom is 0.414 e. The minimum absolute atomic E-state index is 0.0350. The van der Waals surface area contributed by atoms with E-state index in [1.807, 2.05) is 0 Å². The van der Waals surface area contributed by atoms with Crippen LogP contribution in [0.2, 0.25) is 0 Å². The number of rotatable bonds is 27. The van der Waals surface area contributed by atoms with Gasteiger partial charge >= 0.3 is 6.09 Å². The normalized spacial score (nSPS) is 14.4. The molecule has 0 saturated carbocycles. The summed E-state index contributed by atoms with van der Waals surface area (Å²) >= 11 is 0. The van der Waals surface area contributed by atoms with Crippen LogP contribution in [0.25, 0.3) is 0 Å². The van der Waals surface area contributed by atoms with E-state index in [1.165, 1.54) is 0 Å². The number of amides is 2. The Morgan fingerprint density at radius 2 is 1.05 bits per heavy atom. The third-order valence-electron chi connectivity index (χ3n) is 5.28. The average molecular weight is 747 g/mol. The zero-order chi connectivity index (χ0) is 33.4. The topological polar surface area (TPSA) is 151 Å². The molecule has 0 fully saturated rings. The summed E-state index contributed by atoms with van der Waals surface area (Å²) in [6.45, 7) is 4.40. The lowest BCUT2D eigenvalue weighted by Gasteiger charge is -2.33. The lowest BCUT2D eigenvalue weighted by atomic mass is 9.84. The molecule has 0 aromatic rings. The Balaban J connectivity index is 5.44. The molecule has 0 spiro atoms. The summed E-state index contributed by atoms with van der Waals surface area (Å²) in [6.07, 6.45) is -1.23. The van der Waals surface area contributed by atoms with Gasteiger partial charge in [0.1, 0.15) is 11.4 Å². The van der Waals surface area contributed by atoms with Crippen LogP contribution in [-0.4, -0.2) is 79.6 Å². The van der Waals surface area contributed by atoms with E-state index in [2.05, 4.69) is 5.32 Å². The Morgan fingerprint density at radius 3 is 1.41 bits per heavy atom. The summed E-state index contributed by atoms with van der Waals surface area (Å²) in [6, 6.07) is 0. The molecule has 0 aromatic carbocycles. The first-order valence-electron chi connectivity index (χ1n) is 13.5. The van der Waals surface area contributed by atoms with Crippen LogP contribution in [0.1, 0.15) is 65.7 Å². The van der Waals surface area contributed by atoms with Gasteiger partial charge in [0.15, 0.2) is 16.6 Å². The molecular formula is C24H42F3NO10P6. The fourth-order valence-electron chi connectivity index (χ4n) is 3.42. The fourth-order valence-corrected chi connectivity index (χ4v) is 6.49. The van der Waals surface area contributed by atoms with Gasteiger partial charge in [-0.05, 0) is 27.2 Å². The molecule has 6 unspecified atom stereocenters. The van der Waals surface area contributed by atoms with Crippen molar-refractivity contribution in [3.8, 4) is 0 Å². The molecule has 44 heavy (non-hydrogen) atoms. The van der Waals surface area contributed by atoms with Crippen LogP contribution in [-0.2, 0) is 42.9 Å². The van der Waals surface area contributed by atoms with Gasteiger partial charge in [-0.15, -0.1) is 0 Å². The van der Waals surface area contributed by atoms with Gasteiger partial charge in [-0.25, -0.2) is 17.4 Å². The number of ketones is 1. The molecular weight excluding hydrogens is 705 g/mol. The van der Waals surface area contributed by atoms with Crippen LogP contribution in [0.5, 0.6) is 0 Å². The highest BCUT2D eigenvalue weighted by Crippen LogP contribution is 2.40. The van der Waals surface area contributed by atoms with Crippen LogP contribution in [0.3, 0.4) is 0 Å². The molecule has 1 N–H and O–H groups in total. The summed E-state index contributed by atoms with van der Waals surface area (Å²) in [5, 5.41) is 2.09. The molecule has 0 aliphatic carbocycles. The number of carbonyl (C=O) groups excluding carboxylic acids is 6. The van der Waals surface area contributed by atoms with Crippen molar-refractivity contribution in [2.45, 2.75) is 71.3 Å². The first kappa shape index (κ1) is 43.9. The Kier molecular flexibility index (Phi) is 25.8. The number of nitrogens with one attached hydrogen (secondary N) is 1. The molecule has 0 aliphatic heterocycles. The Hall–Kier alpha value is -0.130. The van der Waals surface area contributed by atoms with Crippen molar-refractivity contribution in [1.82, 2.24) is 5.32 Å². The largest absolute Gasteiger partial charge is 0.444 e. The van der Waals surface area contributed by atoms with Crippen molar-refractivity contribution in [3.05, 3.63) is 0 Å². The molecule has 0 bridgehead atoms. The molecule has 6 atom stereocenters. The van der Waals surface area contributed by atoms with Crippen LogP contribution in [0.15, 0.2) is 0 Å². The number of imide groups is 1. The van der Waals surface area contributed by atoms with Gasteiger partial charge in [-0.2, -0.15) is 0 Å². The molecule has 0 rings (SSSR count). The molecule has 11 nitrogen and oxygen atoms in total. The summed E-state index contributed by atoms with van der Waals surface area (Å²) in [4.78, 5) is 72.1. The van der Waals surface area contributed by atoms with E-state index in [1.54, 1.807) is 20.8 Å². The highest BCUT2D eigenvalue weighted by atomic mass is 32.0. The van der Waals surface area contributed by atoms with Gasteiger partial charge in [0.2, 0.25) is 5.91 Å². The third kappa shape index (κ3) is 25.0. The summed E-state index contributed by atoms with van der Waals surface area (Å²) in [5.74, 6) is -0.916. The smallest absolute Gasteiger partial charge is 0.414 e. The molecule has 20 heteroatoms. The number of Topliss-reactive ketones (excluding diaryl/α,β-unsaturated/α-hetero) is 1. The molecule has 0 radical (unpaired) electrons. The Labute approximate surface area is 266 Å². The second kappa shape index (κ2) is 25.9. The second-order valence-electron chi connectivity index (χ2n) is 10.5. The van der Waals surface area contributed by atoms with E-state index in [4.69, 9.17) is 18.9 Å². The zero-order valence-corrected chi connectivity index (χ0v) is 30.9. The number of carbonyl (C=O) groups is 6. The van der Waals surface area contributed by atoms with Gasteiger partial charge in [-0.1, -0.05) is 0 Å². The van der Waals surface area contributed by atoms with Crippen LogP contribution in [0, 0.1) is 5.41 Å². The maximum absolute atomic E-state index is 13.1. The first-order valence-corrected chi connectivity index (χ1v) is 22.1. The van der Waals surface area contributed by atoms with Gasteiger partial charge in [0, 0.05) is 68.7 Å². The van der Waals surface area contributed by atoms with E-state index in [9.17, 15) is 41.4 Å². The minimum Gasteiger partial charge on any atom is -0.444 e. The van der Waals surface area contributed by atoms with E-state index in [0.717, 1.165) is 0 Å². The summed E-state index contributed by atoms with van der Waals surface area (Å²) in [5.41, 5.74) is -2.83. The van der Waals surface area contributed by atoms with Crippen molar-refractivity contribution >= 4 is 84.9 Å². The van der Waals surface area contributed by atoms with Gasteiger partial charge in [-0.3, -0.25) is 29.3 Å². The summed E-state index contributed by atoms with van der Waals surface area (Å²) < 4.78 is 59.6.